The van der Waals surface area contributed by atoms with Gasteiger partial charge >= 0.3 is 0 Å². The van der Waals surface area contributed by atoms with Crippen molar-refractivity contribution in [3.63, 3.8) is 0 Å². The number of rotatable bonds is 3. The Morgan fingerprint density at radius 1 is 1.00 bits per heavy atom. The van der Waals surface area contributed by atoms with Gasteiger partial charge in [-0.2, -0.15) is 0 Å². The zero-order valence-electron chi connectivity index (χ0n) is 12.9. The highest BCUT2D eigenvalue weighted by Crippen LogP contribution is 2.28. The van der Waals surface area contributed by atoms with Crippen LogP contribution in [0.1, 0.15) is 37.1 Å². The number of piperazine rings is 1. The summed E-state index contributed by atoms with van der Waals surface area (Å²) in [5, 5.41) is 3.68. The lowest BCUT2D eigenvalue weighted by molar-refractivity contribution is 0.0987. The molecular formula is C19H24N2. The van der Waals surface area contributed by atoms with Crippen LogP contribution in [-0.2, 0) is 0 Å². The maximum absolute atomic E-state index is 3.68. The average Bonchev–Trinajstić information content (AvgIpc) is 2.56. The first kappa shape index (κ1) is 14.3. The van der Waals surface area contributed by atoms with Gasteiger partial charge in [0.15, 0.2) is 0 Å². The van der Waals surface area contributed by atoms with Gasteiger partial charge in [-0.25, -0.2) is 0 Å². The standard InChI is InChI=1S/C19H24N2/c1-15-13-20-19(18-11-7-4-8-12-18)14-21(15)16(2)17-9-5-3-6-10-17/h3-12,15-16,19-20H,13-14H2,1-2H3. The molecule has 2 heteroatoms. The Labute approximate surface area is 127 Å². The molecule has 0 amide bonds. The van der Waals surface area contributed by atoms with Crippen molar-refractivity contribution in [2.45, 2.75) is 32.0 Å². The molecule has 3 unspecified atom stereocenters. The van der Waals surface area contributed by atoms with E-state index < -0.39 is 0 Å². The topological polar surface area (TPSA) is 15.3 Å². The van der Waals surface area contributed by atoms with Crippen molar-refractivity contribution in [3.05, 3.63) is 71.8 Å². The molecule has 1 N–H and O–H groups in total. The van der Waals surface area contributed by atoms with Crippen LogP contribution in [0.25, 0.3) is 0 Å². The summed E-state index contributed by atoms with van der Waals surface area (Å²) < 4.78 is 0. The monoisotopic (exact) mass is 280 g/mol. The second kappa shape index (κ2) is 6.42. The molecular weight excluding hydrogens is 256 g/mol. The van der Waals surface area contributed by atoms with E-state index >= 15 is 0 Å². The van der Waals surface area contributed by atoms with Crippen LogP contribution in [0.15, 0.2) is 60.7 Å². The minimum Gasteiger partial charge on any atom is -0.307 e. The average molecular weight is 280 g/mol. The Kier molecular flexibility index (Phi) is 4.37. The number of nitrogens with zero attached hydrogens (tertiary/aromatic N) is 1. The summed E-state index contributed by atoms with van der Waals surface area (Å²) >= 11 is 0. The minimum absolute atomic E-state index is 0.425. The van der Waals surface area contributed by atoms with E-state index in [9.17, 15) is 0 Å². The number of benzene rings is 2. The van der Waals surface area contributed by atoms with Gasteiger partial charge in [-0.15, -0.1) is 0 Å². The molecule has 0 aliphatic carbocycles. The van der Waals surface area contributed by atoms with E-state index in [0.717, 1.165) is 13.1 Å². The van der Waals surface area contributed by atoms with Crippen LogP contribution in [-0.4, -0.2) is 24.0 Å². The van der Waals surface area contributed by atoms with E-state index in [4.69, 9.17) is 0 Å². The fraction of sp³-hybridized carbons (Fsp3) is 0.368. The SMILES string of the molecule is CC1CNC(c2ccccc2)CN1C(C)c1ccccc1. The van der Waals surface area contributed by atoms with Gasteiger partial charge in [0.1, 0.15) is 0 Å². The van der Waals surface area contributed by atoms with Gasteiger partial charge in [0.05, 0.1) is 0 Å². The molecule has 2 aromatic rings. The quantitative estimate of drug-likeness (QED) is 0.920. The largest absolute Gasteiger partial charge is 0.307 e. The molecule has 3 rings (SSSR count). The van der Waals surface area contributed by atoms with Crippen LogP contribution in [0, 0.1) is 0 Å². The molecule has 0 spiro atoms. The molecule has 0 saturated carbocycles. The van der Waals surface area contributed by atoms with Crippen molar-refractivity contribution in [1.29, 1.82) is 0 Å². The summed E-state index contributed by atoms with van der Waals surface area (Å²) in [5.74, 6) is 0. The predicted octanol–water partition coefficient (Wildman–Crippen LogP) is 3.78. The first-order chi connectivity index (χ1) is 10.3. The lowest BCUT2D eigenvalue weighted by Crippen LogP contribution is -2.52. The molecule has 1 saturated heterocycles. The van der Waals surface area contributed by atoms with Gasteiger partial charge in [0.25, 0.3) is 0 Å². The van der Waals surface area contributed by atoms with E-state index in [1.165, 1.54) is 11.1 Å². The third kappa shape index (κ3) is 3.17. The van der Waals surface area contributed by atoms with E-state index in [0.29, 0.717) is 18.1 Å². The molecule has 1 fully saturated rings. The molecule has 21 heavy (non-hydrogen) atoms. The highest BCUT2D eigenvalue weighted by molar-refractivity contribution is 5.22. The zero-order chi connectivity index (χ0) is 14.7. The van der Waals surface area contributed by atoms with Crippen molar-refractivity contribution in [2.75, 3.05) is 13.1 Å². The maximum atomic E-state index is 3.68. The van der Waals surface area contributed by atoms with Gasteiger partial charge in [-0.3, -0.25) is 4.90 Å². The van der Waals surface area contributed by atoms with Gasteiger partial charge in [-0.05, 0) is 25.0 Å². The molecule has 1 aliphatic heterocycles. The van der Waals surface area contributed by atoms with Crippen LogP contribution < -0.4 is 5.32 Å². The van der Waals surface area contributed by atoms with Gasteiger partial charge in [0, 0.05) is 31.2 Å². The fourth-order valence-corrected chi connectivity index (χ4v) is 3.26. The van der Waals surface area contributed by atoms with Gasteiger partial charge in [0.2, 0.25) is 0 Å². The molecule has 1 aliphatic rings. The first-order valence-electron chi connectivity index (χ1n) is 7.84. The normalized spacial score (nSPS) is 24.7. The zero-order valence-corrected chi connectivity index (χ0v) is 12.9. The highest BCUT2D eigenvalue weighted by atomic mass is 15.2. The summed E-state index contributed by atoms with van der Waals surface area (Å²) in [6.07, 6.45) is 0. The Hall–Kier alpha value is -1.64. The summed E-state index contributed by atoms with van der Waals surface area (Å²) in [4.78, 5) is 2.61. The predicted molar refractivity (Wildman–Crippen MR) is 88.2 cm³/mol. The van der Waals surface area contributed by atoms with E-state index in [-0.39, 0.29) is 0 Å². The molecule has 0 bridgehead atoms. The third-order valence-corrected chi connectivity index (χ3v) is 4.60. The molecule has 0 aromatic heterocycles. The summed E-state index contributed by atoms with van der Waals surface area (Å²) in [6.45, 7) is 6.73. The minimum atomic E-state index is 0.425. The van der Waals surface area contributed by atoms with Crippen LogP contribution >= 0.6 is 0 Å². The van der Waals surface area contributed by atoms with Crippen LogP contribution in [0.4, 0.5) is 0 Å². The van der Waals surface area contributed by atoms with Gasteiger partial charge in [-0.1, -0.05) is 60.7 Å². The first-order valence-corrected chi connectivity index (χ1v) is 7.84. The molecule has 2 aromatic carbocycles. The number of hydrogen-bond donors (Lipinski definition) is 1. The summed E-state index contributed by atoms with van der Waals surface area (Å²) in [6, 6.07) is 23.0. The van der Waals surface area contributed by atoms with Crippen LogP contribution in [0.2, 0.25) is 0 Å². The molecule has 0 radical (unpaired) electrons. The van der Waals surface area contributed by atoms with E-state index in [2.05, 4.69) is 84.7 Å². The number of nitrogens with one attached hydrogen (secondary N) is 1. The smallest absolute Gasteiger partial charge is 0.0450 e. The number of hydrogen-bond acceptors (Lipinski definition) is 2. The summed E-state index contributed by atoms with van der Waals surface area (Å²) in [7, 11) is 0. The third-order valence-electron chi connectivity index (χ3n) is 4.60. The van der Waals surface area contributed by atoms with Crippen LogP contribution in [0.5, 0.6) is 0 Å². The molecule has 2 nitrogen and oxygen atoms in total. The molecule has 1 heterocycles. The van der Waals surface area contributed by atoms with Crippen molar-refractivity contribution in [1.82, 2.24) is 10.2 Å². The second-order valence-corrected chi connectivity index (χ2v) is 6.00. The van der Waals surface area contributed by atoms with Crippen molar-refractivity contribution in [2.24, 2.45) is 0 Å². The van der Waals surface area contributed by atoms with Gasteiger partial charge < -0.3 is 5.32 Å². The van der Waals surface area contributed by atoms with Crippen molar-refractivity contribution < 1.29 is 0 Å². The maximum Gasteiger partial charge on any atom is 0.0450 e. The Balaban J connectivity index is 1.78. The Bertz CT molecular complexity index is 552. The van der Waals surface area contributed by atoms with E-state index in [1.807, 2.05) is 0 Å². The lowest BCUT2D eigenvalue weighted by atomic mass is 9.98. The van der Waals surface area contributed by atoms with Crippen LogP contribution in [0.3, 0.4) is 0 Å². The molecule has 3 atom stereocenters. The highest BCUT2D eigenvalue weighted by Gasteiger charge is 2.29. The molecule has 110 valence electrons. The van der Waals surface area contributed by atoms with E-state index in [1.54, 1.807) is 0 Å². The fourth-order valence-electron chi connectivity index (χ4n) is 3.26. The Morgan fingerprint density at radius 3 is 2.29 bits per heavy atom. The Morgan fingerprint density at radius 2 is 1.62 bits per heavy atom. The van der Waals surface area contributed by atoms with Crippen molar-refractivity contribution in [3.8, 4) is 0 Å². The second-order valence-electron chi connectivity index (χ2n) is 6.00. The van der Waals surface area contributed by atoms with Crippen molar-refractivity contribution >= 4 is 0 Å². The lowest BCUT2D eigenvalue weighted by Gasteiger charge is -2.42. The summed E-state index contributed by atoms with van der Waals surface area (Å²) in [5.41, 5.74) is 2.78.